The van der Waals surface area contributed by atoms with Crippen molar-refractivity contribution in [1.29, 1.82) is 0 Å². The van der Waals surface area contributed by atoms with Crippen LogP contribution in [0.3, 0.4) is 0 Å². The number of phenolic OH excluding ortho intramolecular Hbond substituents is 3. The third-order valence-electron chi connectivity index (χ3n) is 9.73. The van der Waals surface area contributed by atoms with Crippen LogP contribution in [-0.2, 0) is 22.4 Å². The van der Waals surface area contributed by atoms with Crippen LogP contribution in [0.5, 0.6) is 23.0 Å². The van der Waals surface area contributed by atoms with Crippen LogP contribution in [0.15, 0.2) is 36.4 Å². The zero-order chi connectivity index (χ0) is 33.9. The summed E-state index contributed by atoms with van der Waals surface area (Å²) in [6, 6.07) is 9.17. The van der Waals surface area contributed by atoms with Gasteiger partial charge in [-0.1, -0.05) is 24.3 Å². The topological polar surface area (TPSA) is 195 Å². The van der Waals surface area contributed by atoms with Gasteiger partial charge < -0.3 is 50.2 Å². The number of carbonyl (C=O) groups excluding carboxylic acids is 2. The molecule has 0 amide bonds. The SMILES string of the molecule is COc1cccc2c1C(=O)c1c(O)c3c(c(O)c1C2=O)C[C@@](O)(C(C)O)C[C@@H]3O[C@H]1C[C@H](NCc2ccc(O)c(C)c2)[C@@H](O)C(C)O1. The van der Waals surface area contributed by atoms with Crippen molar-refractivity contribution >= 4 is 11.6 Å². The molecular weight excluding hydrogens is 610 g/mol. The minimum atomic E-state index is -1.84. The molecule has 1 aliphatic heterocycles. The maximum absolute atomic E-state index is 13.9. The molecule has 7 atom stereocenters. The van der Waals surface area contributed by atoms with Crippen LogP contribution in [0.4, 0.5) is 0 Å². The second-order valence-electron chi connectivity index (χ2n) is 12.8. The molecule has 12 heteroatoms. The van der Waals surface area contributed by atoms with Crippen LogP contribution >= 0.6 is 0 Å². The number of benzene rings is 3. The Labute approximate surface area is 271 Å². The van der Waals surface area contributed by atoms with Crippen molar-refractivity contribution in [1.82, 2.24) is 5.32 Å². The Morgan fingerprint density at radius 1 is 1.06 bits per heavy atom. The fourth-order valence-electron chi connectivity index (χ4n) is 6.98. The Bertz CT molecular complexity index is 1750. The molecule has 0 bridgehead atoms. The fraction of sp³-hybridized carbons (Fsp3) is 0.429. The molecule has 3 aliphatic rings. The molecule has 12 nitrogen and oxygen atoms in total. The van der Waals surface area contributed by atoms with E-state index >= 15 is 0 Å². The van der Waals surface area contributed by atoms with Gasteiger partial charge in [0.2, 0.25) is 5.78 Å². The Hall–Kier alpha value is -4.04. The quantitative estimate of drug-likeness (QED) is 0.145. The number of aromatic hydroxyl groups is 3. The van der Waals surface area contributed by atoms with Crippen LogP contribution in [0.2, 0.25) is 0 Å². The second kappa shape index (κ2) is 12.2. The number of aryl methyl sites for hydroxylation is 1. The van der Waals surface area contributed by atoms with Crippen molar-refractivity contribution in [3.8, 4) is 23.0 Å². The zero-order valence-electron chi connectivity index (χ0n) is 26.5. The summed E-state index contributed by atoms with van der Waals surface area (Å²) in [4.78, 5) is 27.6. The summed E-state index contributed by atoms with van der Waals surface area (Å²) >= 11 is 0. The predicted octanol–water partition coefficient (Wildman–Crippen LogP) is 2.67. The number of aliphatic hydroxyl groups excluding tert-OH is 2. The van der Waals surface area contributed by atoms with Crippen molar-refractivity contribution in [2.45, 2.75) is 88.9 Å². The number of nitrogens with one attached hydrogen (secondary N) is 1. The first-order valence-corrected chi connectivity index (χ1v) is 15.5. The lowest BCUT2D eigenvalue weighted by molar-refractivity contribution is -0.253. The molecule has 47 heavy (non-hydrogen) atoms. The molecular formula is C35H39NO11. The minimum Gasteiger partial charge on any atom is -0.508 e. The highest BCUT2D eigenvalue weighted by Gasteiger charge is 2.49. The first-order chi connectivity index (χ1) is 22.2. The maximum Gasteiger partial charge on any atom is 0.202 e. The Balaban J connectivity index is 1.36. The first-order valence-electron chi connectivity index (χ1n) is 15.5. The van der Waals surface area contributed by atoms with Crippen LogP contribution in [0.25, 0.3) is 0 Å². The molecule has 0 saturated carbocycles. The molecule has 1 fully saturated rings. The molecule has 0 radical (unpaired) electrons. The molecule has 3 aromatic rings. The number of hydrogen-bond donors (Lipinski definition) is 7. The van der Waals surface area contributed by atoms with E-state index in [1.54, 1.807) is 26.0 Å². The van der Waals surface area contributed by atoms with E-state index in [9.17, 15) is 40.2 Å². The van der Waals surface area contributed by atoms with E-state index in [0.29, 0.717) is 12.1 Å². The average molecular weight is 650 g/mol. The average Bonchev–Trinajstić information content (AvgIpc) is 3.03. The van der Waals surface area contributed by atoms with Gasteiger partial charge in [-0.3, -0.25) is 9.59 Å². The van der Waals surface area contributed by atoms with E-state index in [0.717, 1.165) is 5.56 Å². The number of ketones is 2. The van der Waals surface area contributed by atoms with E-state index in [-0.39, 0.29) is 53.0 Å². The van der Waals surface area contributed by atoms with E-state index < -0.39 is 76.5 Å². The molecule has 0 spiro atoms. The lowest BCUT2D eigenvalue weighted by atomic mass is 9.71. The molecule has 2 unspecified atom stereocenters. The van der Waals surface area contributed by atoms with Gasteiger partial charge in [-0.05, 0) is 44.0 Å². The predicted molar refractivity (Wildman–Crippen MR) is 167 cm³/mol. The Kier molecular flexibility index (Phi) is 8.54. The molecule has 250 valence electrons. The number of aliphatic hydroxyl groups is 3. The van der Waals surface area contributed by atoms with Crippen LogP contribution < -0.4 is 10.1 Å². The van der Waals surface area contributed by atoms with Gasteiger partial charge in [0.25, 0.3) is 0 Å². The minimum absolute atomic E-state index is 0.00229. The molecule has 1 heterocycles. The second-order valence-corrected chi connectivity index (χ2v) is 12.8. The summed E-state index contributed by atoms with van der Waals surface area (Å²) in [7, 11) is 1.35. The van der Waals surface area contributed by atoms with Gasteiger partial charge in [0.15, 0.2) is 12.1 Å². The lowest BCUT2D eigenvalue weighted by Crippen LogP contribution is -2.54. The number of hydrogen-bond acceptors (Lipinski definition) is 12. The zero-order valence-corrected chi connectivity index (χ0v) is 26.5. The number of fused-ring (bicyclic) bond motifs is 3. The maximum atomic E-state index is 13.9. The summed E-state index contributed by atoms with van der Waals surface area (Å²) in [5.74, 6) is -2.30. The summed E-state index contributed by atoms with van der Waals surface area (Å²) in [5, 5.41) is 69.6. The van der Waals surface area contributed by atoms with Gasteiger partial charge in [0, 0.05) is 48.5 Å². The van der Waals surface area contributed by atoms with Crippen LogP contribution in [0.1, 0.15) is 86.9 Å². The molecule has 7 N–H and O–H groups in total. The van der Waals surface area contributed by atoms with E-state index in [1.165, 1.54) is 32.2 Å². The monoisotopic (exact) mass is 649 g/mol. The fourth-order valence-corrected chi connectivity index (χ4v) is 6.98. The highest BCUT2D eigenvalue weighted by Crippen LogP contribution is 2.53. The van der Waals surface area contributed by atoms with E-state index in [4.69, 9.17) is 14.2 Å². The summed E-state index contributed by atoms with van der Waals surface area (Å²) < 4.78 is 17.7. The van der Waals surface area contributed by atoms with Gasteiger partial charge in [0.1, 0.15) is 23.0 Å². The van der Waals surface area contributed by atoms with Gasteiger partial charge in [-0.2, -0.15) is 0 Å². The van der Waals surface area contributed by atoms with Gasteiger partial charge >= 0.3 is 0 Å². The number of phenols is 3. The number of rotatable bonds is 7. The number of carbonyl (C=O) groups is 2. The Morgan fingerprint density at radius 3 is 2.47 bits per heavy atom. The standard InChI is InChI=1S/C35H39NO11/c1-15-10-18(8-9-22(15)38)14-36-21-11-25(46-16(2)30(21)39)47-24-13-35(44,17(3)37)12-20-27(24)34(43)29-28(32(20)41)31(40)19-6-5-7-23(45-4)26(19)33(29)42/h5-10,16-17,21,24-25,30,36-39,41,43-44H,11-14H2,1-4H3/t16?,17?,21-,24-,25-,30-,35-/m0/s1. The summed E-state index contributed by atoms with van der Waals surface area (Å²) in [5.41, 5.74) is -1.15. The van der Waals surface area contributed by atoms with Crippen molar-refractivity contribution in [2.75, 3.05) is 7.11 Å². The summed E-state index contributed by atoms with van der Waals surface area (Å²) in [6.45, 7) is 5.22. The molecule has 2 aliphatic carbocycles. The number of methoxy groups -OCH3 is 1. The van der Waals surface area contributed by atoms with Crippen LogP contribution in [0, 0.1) is 6.92 Å². The Morgan fingerprint density at radius 2 is 1.79 bits per heavy atom. The van der Waals surface area contributed by atoms with Crippen molar-refractivity contribution in [3.05, 3.63) is 80.9 Å². The lowest BCUT2D eigenvalue weighted by Gasteiger charge is -2.44. The van der Waals surface area contributed by atoms with Gasteiger partial charge in [0.05, 0.1) is 53.8 Å². The van der Waals surface area contributed by atoms with Crippen LogP contribution in [-0.4, -0.2) is 85.6 Å². The van der Waals surface area contributed by atoms with E-state index in [2.05, 4.69) is 5.32 Å². The van der Waals surface area contributed by atoms with Gasteiger partial charge in [-0.15, -0.1) is 0 Å². The van der Waals surface area contributed by atoms with Crippen molar-refractivity contribution < 1.29 is 54.4 Å². The molecule has 6 rings (SSSR count). The number of ether oxygens (including phenoxy) is 3. The molecule has 1 saturated heterocycles. The highest BCUT2D eigenvalue weighted by atomic mass is 16.7. The van der Waals surface area contributed by atoms with Gasteiger partial charge in [-0.25, -0.2) is 0 Å². The first kappa shape index (κ1) is 32.9. The normalized spacial score (nSPS) is 27.5. The van der Waals surface area contributed by atoms with E-state index in [1.807, 2.05) is 6.07 Å². The molecule has 0 aromatic heterocycles. The third-order valence-corrected chi connectivity index (χ3v) is 9.73. The molecule has 3 aromatic carbocycles. The summed E-state index contributed by atoms with van der Waals surface area (Å²) in [6.07, 6.45) is -5.55. The highest BCUT2D eigenvalue weighted by molar-refractivity contribution is 6.31. The van der Waals surface area contributed by atoms with Crippen molar-refractivity contribution in [3.63, 3.8) is 0 Å². The van der Waals surface area contributed by atoms with Crippen molar-refractivity contribution in [2.24, 2.45) is 0 Å². The third kappa shape index (κ3) is 5.54. The largest absolute Gasteiger partial charge is 0.508 e. The smallest absolute Gasteiger partial charge is 0.202 e.